The van der Waals surface area contributed by atoms with Crippen LogP contribution < -0.4 is 0 Å². The van der Waals surface area contributed by atoms with E-state index in [0.29, 0.717) is 3.57 Å². The van der Waals surface area contributed by atoms with Crippen LogP contribution in [0.25, 0.3) is 0 Å². The number of carbonyl (C=O) groups excluding carboxylic acids is 1. The van der Waals surface area contributed by atoms with Crippen molar-refractivity contribution < 1.29 is 9.72 Å². The lowest BCUT2D eigenvalue weighted by Crippen LogP contribution is -2.06. The Labute approximate surface area is 112 Å². The first-order chi connectivity index (χ1) is 6.97. The highest BCUT2D eigenvalue weighted by Crippen LogP contribution is 2.31. The number of hydrogen-bond acceptors (Lipinski definition) is 3. The van der Waals surface area contributed by atoms with Crippen molar-refractivity contribution in [2.24, 2.45) is 0 Å². The number of alkyl halides is 1. The van der Waals surface area contributed by atoms with Gasteiger partial charge in [-0.25, -0.2) is 0 Å². The Hall–Kier alpha value is -0.210. The van der Waals surface area contributed by atoms with Gasteiger partial charge in [0.05, 0.1) is 15.8 Å². The van der Waals surface area contributed by atoms with Crippen molar-refractivity contribution >= 4 is 61.6 Å². The minimum atomic E-state index is -0.645. The molecule has 0 spiro atoms. The van der Waals surface area contributed by atoms with Crippen molar-refractivity contribution in [3.8, 4) is 0 Å². The molecule has 0 bridgehead atoms. The second kappa shape index (κ2) is 5.22. The van der Waals surface area contributed by atoms with Crippen LogP contribution in [-0.2, 0) is 0 Å². The van der Waals surface area contributed by atoms with Crippen LogP contribution in [0.4, 0.5) is 5.69 Å². The summed E-state index contributed by atoms with van der Waals surface area (Å²) in [7, 11) is 0. The number of nitrogens with zero attached hydrogens (tertiary/aromatic N) is 1. The van der Waals surface area contributed by atoms with Gasteiger partial charge in [-0.3, -0.25) is 14.9 Å². The second-order valence-corrected chi connectivity index (χ2v) is 4.81. The van der Waals surface area contributed by atoms with E-state index in [4.69, 9.17) is 11.6 Å². The van der Waals surface area contributed by atoms with Gasteiger partial charge in [0.15, 0.2) is 5.78 Å². The minimum Gasteiger partial charge on any atom is -0.293 e. The zero-order chi connectivity index (χ0) is 11.6. The van der Waals surface area contributed by atoms with E-state index in [0.717, 1.165) is 0 Å². The predicted octanol–water partition coefficient (Wildman–Crippen LogP) is 3.43. The lowest BCUT2D eigenvalue weighted by molar-refractivity contribution is -0.385. The maximum atomic E-state index is 11.4. The lowest BCUT2D eigenvalue weighted by Gasteiger charge is -2.02. The Morgan fingerprint density at radius 3 is 2.67 bits per heavy atom. The van der Waals surface area contributed by atoms with Crippen molar-refractivity contribution in [3.63, 3.8) is 0 Å². The minimum absolute atomic E-state index is 0.0174. The Morgan fingerprint density at radius 1 is 1.60 bits per heavy atom. The molecule has 4 nitrogen and oxygen atoms in total. The van der Waals surface area contributed by atoms with Gasteiger partial charge in [0.2, 0.25) is 0 Å². The highest BCUT2D eigenvalue weighted by molar-refractivity contribution is 14.1. The highest BCUT2D eigenvalue weighted by Gasteiger charge is 2.23. The molecule has 0 saturated carbocycles. The Morgan fingerprint density at radius 2 is 2.20 bits per heavy atom. The molecule has 0 fully saturated rings. The summed E-state index contributed by atoms with van der Waals surface area (Å²) < 4.78 is 0.688. The summed E-state index contributed by atoms with van der Waals surface area (Å²) in [6.45, 7) is 0. The smallest absolute Gasteiger partial charge is 0.293 e. The molecular weight excluding hydrogens is 400 g/mol. The number of rotatable bonds is 3. The summed E-state index contributed by atoms with van der Waals surface area (Å²) in [4.78, 5) is 21.5. The van der Waals surface area contributed by atoms with Gasteiger partial charge in [-0.15, -0.1) is 0 Å². The number of nitro groups is 1. The molecule has 0 unspecified atom stereocenters. The van der Waals surface area contributed by atoms with Crippen molar-refractivity contribution in [1.82, 2.24) is 0 Å². The molecule has 1 rings (SSSR count). The molecule has 0 aromatic heterocycles. The summed E-state index contributed by atoms with van der Waals surface area (Å²) in [6.07, 6.45) is 0. The third kappa shape index (κ3) is 2.88. The summed E-state index contributed by atoms with van der Waals surface area (Å²) in [5.41, 5.74) is -0.296. The summed E-state index contributed by atoms with van der Waals surface area (Å²) in [5.74, 6) is -0.359. The van der Waals surface area contributed by atoms with Crippen LogP contribution in [0.2, 0.25) is 5.02 Å². The van der Waals surface area contributed by atoms with Crippen LogP contribution in [0.5, 0.6) is 0 Å². The second-order valence-electron chi connectivity index (χ2n) is 2.60. The molecule has 80 valence electrons. The van der Waals surface area contributed by atoms with Gasteiger partial charge in [0.1, 0.15) is 5.02 Å². The number of Topliss-reactive ketones (excluding diaryl/α,β-unsaturated/α-hetero) is 1. The lowest BCUT2D eigenvalue weighted by atomic mass is 10.1. The van der Waals surface area contributed by atoms with Gasteiger partial charge in [-0.05, 0) is 34.7 Å². The first-order valence-electron chi connectivity index (χ1n) is 3.70. The highest BCUT2D eigenvalue weighted by atomic mass is 127. The van der Waals surface area contributed by atoms with Crippen molar-refractivity contribution in [1.29, 1.82) is 0 Å². The first kappa shape index (κ1) is 12.9. The van der Waals surface area contributed by atoms with Crippen LogP contribution >= 0.6 is 50.1 Å². The molecule has 0 aliphatic rings. The Kier molecular flexibility index (Phi) is 4.47. The Balaban J connectivity index is 3.46. The van der Waals surface area contributed by atoms with Crippen LogP contribution in [0, 0.1) is 13.7 Å². The van der Waals surface area contributed by atoms with Crippen LogP contribution in [-0.4, -0.2) is 16.0 Å². The molecule has 15 heavy (non-hydrogen) atoms. The predicted molar refractivity (Wildman–Crippen MR) is 68.9 cm³/mol. The van der Waals surface area contributed by atoms with E-state index >= 15 is 0 Å². The summed E-state index contributed by atoms with van der Waals surface area (Å²) in [5, 5.41) is 10.7. The quantitative estimate of drug-likeness (QED) is 0.255. The number of ketones is 1. The van der Waals surface area contributed by atoms with E-state index in [1.54, 1.807) is 0 Å². The number of benzene rings is 1. The fourth-order valence-corrected chi connectivity index (χ4v) is 2.43. The van der Waals surface area contributed by atoms with Crippen LogP contribution in [0.1, 0.15) is 10.4 Å². The SMILES string of the molecule is O=C(CBr)c1cc(I)cc(Cl)c1[N+](=O)[O-]. The zero-order valence-electron chi connectivity index (χ0n) is 7.17. The number of carbonyl (C=O) groups is 1. The average Bonchev–Trinajstić information content (AvgIpc) is 2.14. The normalized spacial score (nSPS) is 10.1. The monoisotopic (exact) mass is 403 g/mol. The van der Waals surface area contributed by atoms with Gasteiger partial charge < -0.3 is 0 Å². The van der Waals surface area contributed by atoms with E-state index < -0.39 is 4.92 Å². The summed E-state index contributed by atoms with van der Waals surface area (Å²) >= 11 is 10.6. The van der Waals surface area contributed by atoms with E-state index in [-0.39, 0.29) is 27.4 Å². The largest absolute Gasteiger partial charge is 0.298 e. The fourth-order valence-electron chi connectivity index (χ4n) is 1.04. The van der Waals surface area contributed by atoms with E-state index in [1.165, 1.54) is 12.1 Å². The third-order valence-corrected chi connectivity index (χ3v) is 3.05. The molecule has 1 aromatic carbocycles. The van der Waals surface area contributed by atoms with E-state index in [9.17, 15) is 14.9 Å². The maximum Gasteiger partial charge on any atom is 0.298 e. The molecule has 0 heterocycles. The molecule has 0 aliphatic carbocycles. The van der Waals surface area contributed by atoms with Crippen LogP contribution in [0.15, 0.2) is 12.1 Å². The van der Waals surface area contributed by atoms with Gasteiger partial charge in [0, 0.05) is 3.57 Å². The third-order valence-electron chi connectivity index (χ3n) is 1.63. The molecule has 0 amide bonds. The topological polar surface area (TPSA) is 60.2 Å². The van der Waals surface area contributed by atoms with Crippen LogP contribution in [0.3, 0.4) is 0 Å². The molecule has 7 heteroatoms. The average molecular weight is 404 g/mol. The molecule has 0 aliphatic heterocycles. The van der Waals surface area contributed by atoms with E-state index in [1.807, 2.05) is 22.6 Å². The first-order valence-corrected chi connectivity index (χ1v) is 6.27. The number of nitro benzene ring substituents is 1. The van der Waals surface area contributed by atoms with Gasteiger partial charge in [-0.1, -0.05) is 27.5 Å². The molecule has 0 N–H and O–H groups in total. The summed E-state index contributed by atoms with van der Waals surface area (Å²) in [6, 6.07) is 2.90. The molecule has 1 aromatic rings. The molecule has 0 radical (unpaired) electrons. The van der Waals surface area contributed by atoms with Crippen molar-refractivity contribution in [2.75, 3.05) is 5.33 Å². The van der Waals surface area contributed by atoms with Gasteiger partial charge in [0.25, 0.3) is 5.69 Å². The van der Waals surface area contributed by atoms with E-state index in [2.05, 4.69) is 15.9 Å². The van der Waals surface area contributed by atoms with Gasteiger partial charge >= 0.3 is 0 Å². The Bertz CT molecular complexity index is 438. The molecule has 0 saturated heterocycles. The fraction of sp³-hybridized carbons (Fsp3) is 0.125. The van der Waals surface area contributed by atoms with Crippen molar-refractivity contribution in [3.05, 3.63) is 36.4 Å². The molecular formula is C8H4BrClINO3. The number of hydrogen-bond donors (Lipinski definition) is 0. The van der Waals surface area contributed by atoms with Crippen molar-refractivity contribution in [2.45, 2.75) is 0 Å². The zero-order valence-corrected chi connectivity index (χ0v) is 11.7. The van der Waals surface area contributed by atoms with Gasteiger partial charge in [-0.2, -0.15) is 0 Å². The molecule has 0 atom stereocenters. The number of halogens is 3. The standard InChI is InChI=1S/C8H4BrClINO3/c9-3-7(13)5-1-4(11)2-6(10)8(5)12(14)15/h1-2H,3H2. The maximum absolute atomic E-state index is 11.4.